The second-order valence-corrected chi connectivity index (χ2v) is 6.40. The Morgan fingerprint density at radius 1 is 0.962 bits per heavy atom. The van der Waals surface area contributed by atoms with Crippen LogP contribution in [-0.2, 0) is 13.0 Å². The molecule has 0 atom stereocenters. The van der Waals surface area contributed by atoms with Gasteiger partial charge in [-0.2, -0.15) is 0 Å². The smallest absolute Gasteiger partial charge is 0.158 e. The Morgan fingerprint density at radius 2 is 1.77 bits per heavy atom. The van der Waals surface area contributed by atoms with Crippen LogP contribution in [-0.4, -0.2) is 20.8 Å². The largest absolute Gasteiger partial charge is 0.497 e. The van der Waals surface area contributed by atoms with Gasteiger partial charge in [0.2, 0.25) is 0 Å². The van der Waals surface area contributed by atoms with Gasteiger partial charge in [-0.15, -0.1) is 0 Å². The van der Waals surface area contributed by atoms with Crippen molar-refractivity contribution in [2.75, 3.05) is 20.8 Å². The molecule has 3 aromatic rings. The van der Waals surface area contributed by atoms with Crippen LogP contribution in [0.3, 0.4) is 0 Å². The van der Waals surface area contributed by atoms with E-state index in [4.69, 9.17) is 25.5 Å². The van der Waals surface area contributed by atoms with Crippen LogP contribution in [0.2, 0.25) is 5.02 Å². The molecule has 0 radical (unpaired) electrons. The number of halogens is 1. The summed E-state index contributed by atoms with van der Waals surface area (Å²) in [4.78, 5) is 0. The zero-order valence-corrected chi connectivity index (χ0v) is 15.8. The van der Waals surface area contributed by atoms with E-state index in [-0.39, 0.29) is 0 Å². The van der Waals surface area contributed by atoms with Crippen LogP contribution < -0.4 is 14.8 Å². The molecule has 5 heteroatoms. The van der Waals surface area contributed by atoms with Crippen LogP contribution in [0, 0.1) is 0 Å². The van der Waals surface area contributed by atoms with Crippen LogP contribution in [0.25, 0.3) is 11.3 Å². The van der Waals surface area contributed by atoms with Crippen molar-refractivity contribution >= 4 is 11.6 Å². The minimum absolute atomic E-state index is 0.578. The van der Waals surface area contributed by atoms with Gasteiger partial charge in [-0.05, 0) is 48.0 Å². The highest BCUT2D eigenvalue weighted by Crippen LogP contribution is 2.30. The van der Waals surface area contributed by atoms with Crippen molar-refractivity contribution in [2.45, 2.75) is 13.0 Å². The summed E-state index contributed by atoms with van der Waals surface area (Å²) in [5, 5.41) is 2.82. The lowest BCUT2D eigenvalue weighted by Gasteiger charge is -2.04. The standard InChI is InChI=1S/C21H22ClNO3/c1-24-17-6-3-15(4-7-17)11-12-23-14-18-8-10-20(26-18)16-5-9-21(25-2)19(22)13-16/h3-10,13,23H,11-12,14H2,1-2H3/p+1. The Bertz CT molecular complexity index is 843. The Labute approximate surface area is 158 Å². The third kappa shape index (κ3) is 4.59. The van der Waals surface area contributed by atoms with Gasteiger partial charge in [0.1, 0.15) is 23.8 Å². The van der Waals surface area contributed by atoms with Crippen LogP contribution in [0.4, 0.5) is 0 Å². The van der Waals surface area contributed by atoms with E-state index >= 15 is 0 Å². The molecular weight excluding hydrogens is 350 g/mol. The Kier molecular flexibility index (Phi) is 6.21. The molecule has 136 valence electrons. The molecule has 0 saturated carbocycles. The molecule has 1 heterocycles. The predicted octanol–water partition coefficient (Wildman–Crippen LogP) is 3.92. The van der Waals surface area contributed by atoms with Gasteiger partial charge in [-0.1, -0.05) is 23.7 Å². The Hall–Kier alpha value is -2.43. The van der Waals surface area contributed by atoms with Crippen LogP contribution in [0.5, 0.6) is 11.5 Å². The molecule has 1 aromatic heterocycles. The van der Waals surface area contributed by atoms with E-state index in [2.05, 4.69) is 17.4 Å². The maximum Gasteiger partial charge on any atom is 0.158 e. The van der Waals surface area contributed by atoms with Gasteiger partial charge in [-0.25, -0.2) is 0 Å². The second-order valence-electron chi connectivity index (χ2n) is 5.99. The summed E-state index contributed by atoms with van der Waals surface area (Å²) in [5.74, 6) is 3.31. The fourth-order valence-corrected chi connectivity index (χ4v) is 3.03. The molecule has 0 unspecified atom stereocenters. The fourth-order valence-electron chi connectivity index (χ4n) is 2.77. The first kappa shape index (κ1) is 18.4. The third-order valence-corrected chi connectivity index (χ3v) is 4.54. The topological polar surface area (TPSA) is 48.2 Å². The molecule has 26 heavy (non-hydrogen) atoms. The molecule has 4 nitrogen and oxygen atoms in total. The number of hydrogen-bond acceptors (Lipinski definition) is 3. The van der Waals surface area contributed by atoms with Gasteiger partial charge in [-0.3, -0.25) is 0 Å². The van der Waals surface area contributed by atoms with Crippen LogP contribution in [0.1, 0.15) is 11.3 Å². The number of furan rings is 1. The summed E-state index contributed by atoms with van der Waals surface area (Å²) < 4.78 is 16.3. The minimum atomic E-state index is 0.578. The van der Waals surface area contributed by atoms with Gasteiger partial charge < -0.3 is 19.2 Å². The fraction of sp³-hybridized carbons (Fsp3) is 0.238. The third-order valence-electron chi connectivity index (χ3n) is 4.24. The zero-order chi connectivity index (χ0) is 18.4. The Morgan fingerprint density at radius 3 is 2.46 bits per heavy atom. The van der Waals surface area contributed by atoms with E-state index in [9.17, 15) is 0 Å². The first-order valence-corrected chi connectivity index (χ1v) is 8.94. The molecule has 0 amide bonds. The molecule has 0 aliphatic carbocycles. The van der Waals surface area contributed by atoms with Gasteiger partial charge in [0.25, 0.3) is 0 Å². The summed E-state index contributed by atoms with van der Waals surface area (Å²) in [6.45, 7) is 1.80. The molecule has 3 rings (SSSR count). The number of hydrogen-bond donors (Lipinski definition) is 1. The molecule has 0 bridgehead atoms. The molecule has 0 fully saturated rings. The number of rotatable bonds is 8. The number of benzene rings is 2. The average Bonchev–Trinajstić information content (AvgIpc) is 3.14. The van der Waals surface area contributed by atoms with Gasteiger partial charge in [0.05, 0.1) is 25.8 Å². The minimum Gasteiger partial charge on any atom is -0.497 e. The normalized spacial score (nSPS) is 10.7. The highest BCUT2D eigenvalue weighted by Gasteiger charge is 2.09. The highest BCUT2D eigenvalue weighted by molar-refractivity contribution is 6.32. The van der Waals surface area contributed by atoms with E-state index in [1.165, 1.54) is 5.56 Å². The molecule has 2 N–H and O–H groups in total. The molecular formula is C21H23ClNO3+. The lowest BCUT2D eigenvalue weighted by Crippen LogP contribution is -2.83. The monoisotopic (exact) mass is 372 g/mol. The summed E-state index contributed by atoms with van der Waals surface area (Å²) in [6, 6.07) is 17.8. The number of nitrogens with two attached hydrogens (primary N) is 1. The van der Waals surface area contributed by atoms with Gasteiger partial charge >= 0.3 is 0 Å². The zero-order valence-electron chi connectivity index (χ0n) is 15.0. The van der Waals surface area contributed by atoms with Crippen LogP contribution >= 0.6 is 11.6 Å². The lowest BCUT2D eigenvalue weighted by atomic mass is 10.1. The van der Waals surface area contributed by atoms with Gasteiger partial charge in [0, 0.05) is 12.0 Å². The van der Waals surface area contributed by atoms with Crippen molar-refractivity contribution in [3.05, 3.63) is 70.9 Å². The second kappa shape index (κ2) is 8.79. The van der Waals surface area contributed by atoms with Crippen LogP contribution in [0.15, 0.2) is 59.0 Å². The van der Waals surface area contributed by atoms with E-state index in [1.807, 2.05) is 42.5 Å². The quantitative estimate of drug-likeness (QED) is 0.609. The van der Waals surface area contributed by atoms with Crippen molar-refractivity contribution in [3.63, 3.8) is 0 Å². The van der Waals surface area contributed by atoms with Crippen molar-refractivity contribution < 1.29 is 19.2 Å². The summed E-state index contributed by atoms with van der Waals surface area (Å²) in [5.41, 5.74) is 2.25. The Balaban J connectivity index is 1.51. The first-order chi connectivity index (χ1) is 12.7. The van der Waals surface area contributed by atoms with E-state index < -0.39 is 0 Å². The van der Waals surface area contributed by atoms with E-state index in [0.717, 1.165) is 42.3 Å². The molecule has 0 spiro atoms. The molecule has 0 saturated heterocycles. The van der Waals surface area contributed by atoms with Crippen molar-refractivity contribution in [2.24, 2.45) is 0 Å². The van der Waals surface area contributed by atoms with Crippen molar-refractivity contribution in [3.8, 4) is 22.8 Å². The van der Waals surface area contributed by atoms with Crippen molar-refractivity contribution in [1.29, 1.82) is 0 Å². The van der Waals surface area contributed by atoms with Crippen molar-refractivity contribution in [1.82, 2.24) is 0 Å². The number of ether oxygens (including phenoxy) is 2. The van der Waals surface area contributed by atoms with Gasteiger partial charge in [0.15, 0.2) is 5.76 Å². The predicted molar refractivity (Wildman–Crippen MR) is 103 cm³/mol. The SMILES string of the molecule is COc1ccc(CC[NH2+]Cc2ccc(-c3ccc(OC)c(Cl)c3)o2)cc1. The average molecular weight is 373 g/mol. The van der Waals surface area contributed by atoms with E-state index in [1.54, 1.807) is 14.2 Å². The molecule has 0 aliphatic rings. The molecule has 0 aliphatic heterocycles. The maximum absolute atomic E-state index is 6.19. The number of methoxy groups -OCH3 is 2. The lowest BCUT2D eigenvalue weighted by molar-refractivity contribution is -0.671. The number of quaternary nitrogens is 1. The summed E-state index contributed by atoms with van der Waals surface area (Å²) in [6.07, 6.45) is 1.01. The highest BCUT2D eigenvalue weighted by atomic mass is 35.5. The summed E-state index contributed by atoms with van der Waals surface area (Å²) >= 11 is 6.19. The maximum atomic E-state index is 6.19. The summed E-state index contributed by atoms with van der Waals surface area (Å²) in [7, 11) is 3.29. The molecule has 2 aromatic carbocycles. The first-order valence-electron chi connectivity index (χ1n) is 8.57. The van der Waals surface area contributed by atoms with E-state index in [0.29, 0.717) is 10.8 Å².